The van der Waals surface area contributed by atoms with Crippen molar-refractivity contribution in [1.82, 2.24) is 0 Å². The molecule has 2 rings (SSSR count). The summed E-state index contributed by atoms with van der Waals surface area (Å²) >= 11 is 0. The third-order valence-electron chi connectivity index (χ3n) is 4.04. The highest BCUT2D eigenvalue weighted by Gasteiger charge is 2.50. The first-order valence-electron chi connectivity index (χ1n) is 6.80. The molecular formula is C16H23NO2. The first-order valence-corrected chi connectivity index (χ1v) is 6.80. The maximum atomic E-state index is 12.3. The Kier molecular flexibility index (Phi) is 3.43. The van der Waals surface area contributed by atoms with Crippen LogP contribution in [-0.2, 0) is 10.2 Å². The van der Waals surface area contributed by atoms with Crippen molar-refractivity contribution in [3.8, 4) is 0 Å². The molecule has 0 spiro atoms. The first-order chi connectivity index (χ1) is 8.80. The third-order valence-corrected chi connectivity index (χ3v) is 4.04. The van der Waals surface area contributed by atoms with Crippen LogP contribution in [0.15, 0.2) is 24.3 Å². The maximum absolute atomic E-state index is 12.3. The Hall–Kier alpha value is -1.35. The van der Waals surface area contributed by atoms with Gasteiger partial charge in [-0.25, -0.2) is 0 Å². The van der Waals surface area contributed by atoms with Crippen LogP contribution in [0.5, 0.6) is 0 Å². The summed E-state index contributed by atoms with van der Waals surface area (Å²) in [5, 5.41) is 9.33. The average molecular weight is 261 g/mol. The van der Waals surface area contributed by atoms with Crippen molar-refractivity contribution in [3.63, 3.8) is 0 Å². The molecule has 19 heavy (non-hydrogen) atoms. The molecular weight excluding hydrogens is 238 g/mol. The molecule has 1 aromatic rings. The average Bonchev–Trinajstić information content (AvgIpc) is 3.17. The highest BCUT2D eigenvalue weighted by atomic mass is 16.3. The highest BCUT2D eigenvalue weighted by molar-refractivity contribution is 5.99. The predicted octanol–water partition coefficient (Wildman–Crippen LogP) is 2.72. The first kappa shape index (κ1) is 14.1. The number of carbonyl (C=O) groups is 1. The number of benzene rings is 1. The lowest BCUT2D eigenvalue weighted by atomic mass is 9.87. The van der Waals surface area contributed by atoms with Gasteiger partial charge in [0.15, 0.2) is 0 Å². The molecule has 1 aliphatic carbocycles. The number of amides is 1. The minimum atomic E-state index is -0.503. The van der Waals surface area contributed by atoms with Crippen molar-refractivity contribution in [1.29, 1.82) is 0 Å². The van der Waals surface area contributed by atoms with Gasteiger partial charge in [0.1, 0.15) is 0 Å². The van der Waals surface area contributed by atoms with Crippen molar-refractivity contribution in [2.45, 2.75) is 39.0 Å². The number of hydrogen-bond acceptors (Lipinski definition) is 2. The Balaban J connectivity index is 2.16. The summed E-state index contributed by atoms with van der Waals surface area (Å²) in [4.78, 5) is 14.0. The smallest absolute Gasteiger partial charge is 0.235 e. The van der Waals surface area contributed by atoms with E-state index < -0.39 is 5.41 Å². The van der Waals surface area contributed by atoms with Crippen molar-refractivity contribution < 1.29 is 9.90 Å². The molecule has 1 fully saturated rings. The van der Waals surface area contributed by atoms with Crippen LogP contribution in [0, 0.1) is 5.41 Å². The molecule has 1 aromatic carbocycles. The lowest BCUT2D eigenvalue weighted by Gasteiger charge is -2.24. The van der Waals surface area contributed by atoms with Crippen molar-refractivity contribution >= 4 is 11.6 Å². The Morgan fingerprint density at radius 3 is 2.16 bits per heavy atom. The normalized spacial score (nSPS) is 17.1. The van der Waals surface area contributed by atoms with Crippen LogP contribution in [0.4, 0.5) is 5.69 Å². The molecule has 0 bridgehead atoms. The fourth-order valence-corrected chi connectivity index (χ4v) is 2.25. The van der Waals surface area contributed by atoms with Crippen LogP contribution < -0.4 is 4.90 Å². The van der Waals surface area contributed by atoms with Gasteiger partial charge in [-0.3, -0.25) is 4.79 Å². The molecule has 0 aliphatic heterocycles. The highest BCUT2D eigenvalue weighted by Crippen LogP contribution is 2.47. The van der Waals surface area contributed by atoms with E-state index >= 15 is 0 Å². The summed E-state index contributed by atoms with van der Waals surface area (Å²) in [5.74, 6) is 0.0264. The van der Waals surface area contributed by atoms with E-state index in [1.54, 1.807) is 11.9 Å². The van der Waals surface area contributed by atoms with E-state index in [4.69, 9.17) is 0 Å². The van der Waals surface area contributed by atoms with Crippen molar-refractivity contribution in [2.24, 2.45) is 5.41 Å². The fraction of sp³-hybridized carbons (Fsp3) is 0.562. The zero-order chi connectivity index (χ0) is 14.3. The third kappa shape index (κ3) is 2.66. The molecule has 0 aromatic heterocycles. The van der Waals surface area contributed by atoms with Crippen molar-refractivity contribution in [3.05, 3.63) is 29.8 Å². The number of aliphatic hydroxyl groups excluding tert-OH is 1. The Bertz CT molecular complexity index is 467. The quantitative estimate of drug-likeness (QED) is 0.909. The number of nitrogens with zero attached hydrogens (tertiary/aromatic N) is 1. The number of rotatable bonds is 3. The minimum absolute atomic E-state index is 0.0264. The summed E-state index contributed by atoms with van der Waals surface area (Å²) in [6, 6.07) is 8.09. The maximum Gasteiger partial charge on any atom is 0.235 e. The van der Waals surface area contributed by atoms with Gasteiger partial charge in [0.25, 0.3) is 0 Å². The Labute approximate surface area is 115 Å². The van der Waals surface area contributed by atoms with Gasteiger partial charge in [0.05, 0.1) is 12.0 Å². The number of anilines is 1. The molecule has 1 aliphatic rings. The minimum Gasteiger partial charge on any atom is -0.395 e. The molecule has 1 saturated carbocycles. The van der Waals surface area contributed by atoms with E-state index in [2.05, 4.69) is 32.9 Å². The number of aliphatic hydroxyl groups is 1. The lowest BCUT2D eigenvalue weighted by Crippen LogP contribution is -2.36. The lowest BCUT2D eigenvalue weighted by molar-refractivity contribution is -0.124. The van der Waals surface area contributed by atoms with E-state index in [0.717, 1.165) is 18.5 Å². The van der Waals surface area contributed by atoms with E-state index in [0.29, 0.717) is 0 Å². The van der Waals surface area contributed by atoms with Gasteiger partial charge < -0.3 is 10.0 Å². The molecule has 3 heteroatoms. The zero-order valence-electron chi connectivity index (χ0n) is 12.2. The summed E-state index contributed by atoms with van der Waals surface area (Å²) in [5.41, 5.74) is 1.75. The second-order valence-electron chi connectivity index (χ2n) is 6.60. The largest absolute Gasteiger partial charge is 0.395 e. The summed E-state index contributed by atoms with van der Waals surface area (Å²) in [7, 11) is 1.78. The second-order valence-corrected chi connectivity index (χ2v) is 6.60. The Morgan fingerprint density at radius 1 is 1.26 bits per heavy atom. The van der Waals surface area contributed by atoms with Gasteiger partial charge in [0.2, 0.25) is 5.91 Å². The van der Waals surface area contributed by atoms with Crippen LogP contribution >= 0.6 is 0 Å². The van der Waals surface area contributed by atoms with Crippen LogP contribution in [0.1, 0.15) is 39.2 Å². The SMILES string of the molecule is CN(C(=O)C1(CO)CC1)c1ccc(C(C)(C)C)cc1. The standard InChI is InChI=1S/C16H23NO2/c1-15(2,3)12-5-7-13(8-6-12)17(4)14(19)16(11-18)9-10-16/h5-8,18H,9-11H2,1-4H3. The van der Waals surface area contributed by atoms with E-state index in [-0.39, 0.29) is 17.9 Å². The predicted molar refractivity (Wildman–Crippen MR) is 77.3 cm³/mol. The molecule has 0 unspecified atom stereocenters. The van der Waals surface area contributed by atoms with Gasteiger partial charge in [-0.05, 0) is 36.0 Å². The van der Waals surface area contributed by atoms with Gasteiger partial charge in [-0.2, -0.15) is 0 Å². The Morgan fingerprint density at radius 2 is 1.79 bits per heavy atom. The van der Waals surface area contributed by atoms with Gasteiger partial charge >= 0.3 is 0 Å². The molecule has 1 amide bonds. The van der Waals surface area contributed by atoms with Crippen LogP contribution in [0.2, 0.25) is 0 Å². The summed E-state index contributed by atoms with van der Waals surface area (Å²) in [6.07, 6.45) is 1.60. The van der Waals surface area contributed by atoms with Gasteiger partial charge in [-0.1, -0.05) is 32.9 Å². The molecule has 0 saturated heterocycles. The monoisotopic (exact) mass is 261 g/mol. The van der Waals surface area contributed by atoms with Gasteiger partial charge in [0, 0.05) is 12.7 Å². The van der Waals surface area contributed by atoms with Crippen LogP contribution in [0.25, 0.3) is 0 Å². The molecule has 0 heterocycles. The van der Waals surface area contributed by atoms with Crippen LogP contribution in [0.3, 0.4) is 0 Å². The fourth-order valence-electron chi connectivity index (χ4n) is 2.25. The summed E-state index contributed by atoms with van der Waals surface area (Å²) < 4.78 is 0. The van der Waals surface area contributed by atoms with Gasteiger partial charge in [-0.15, -0.1) is 0 Å². The van der Waals surface area contributed by atoms with Crippen molar-refractivity contribution in [2.75, 3.05) is 18.6 Å². The van der Waals surface area contributed by atoms with E-state index in [1.165, 1.54) is 5.56 Å². The molecule has 0 atom stereocenters. The number of carbonyl (C=O) groups excluding carboxylic acids is 1. The molecule has 3 nitrogen and oxygen atoms in total. The number of hydrogen-bond donors (Lipinski definition) is 1. The van der Waals surface area contributed by atoms with Crippen LogP contribution in [-0.4, -0.2) is 24.7 Å². The second kappa shape index (κ2) is 4.64. The zero-order valence-corrected chi connectivity index (χ0v) is 12.2. The topological polar surface area (TPSA) is 40.5 Å². The molecule has 1 N–H and O–H groups in total. The molecule has 104 valence electrons. The summed E-state index contributed by atoms with van der Waals surface area (Å²) in [6.45, 7) is 6.46. The van der Waals surface area contributed by atoms with E-state index in [9.17, 15) is 9.90 Å². The molecule has 0 radical (unpaired) electrons. The van der Waals surface area contributed by atoms with E-state index in [1.807, 2.05) is 12.1 Å².